The van der Waals surface area contributed by atoms with Crippen molar-refractivity contribution in [3.05, 3.63) is 42.0 Å². The molecule has 4 aliphatic carbocycles. The maximum absolute atomic E-state index is 13.2. The van der Waals surface area contributed by atoms with Crippen molar-refractivity contribution < 1.29 is 9.53 Å². The van der Waals surface area contributed by atoms with Crippen LogP contribution >= 0.6 is 0 Å². The summed E-state index contributed by atoms with van der Waals surface area (Å²) in [4.78, 5) is 13.2. The molecule has 0 saturated heterocycles. The second-order valence-electron chi connectivity index (χ2n) is 10.1. The van der Waals surface area contributed by atoms with E-state index in [1.165, 1.54) is 30.4 Å². The van der Waals surface area contributed by atoms with Crippen LogP contribution in [-0.4, -0.2) is 12.4 Å². The second kappa shape index (κ2) is 5.72. The molecule has 2 nitrogen and oxygen atoms in total. The highest BCUT2D eigenvalue weighted by molar-refractivity contribution is 5.89. The summed E-state index contributed by atoms with van der Waals surface area (Å²) in [5.74, 6) is 2.82. The van der Waals surface area contributed by atoms with Crippen LogP contribution in [-0.2, 0) is 16.6 Å². The molecule has 4 aliphatic rings. The maximum atomic E-state index is 13.2. The highest BCUT2D eigenvalue weighted by atomic mass is 16.5. The molecule has 0 radical (unpaired) electrons. The van der Waals surface area contributed by atoms with E-state index in [0.29, 0.717) is 24.2 Å². The molecule has 144 valence electrons. The number of benzene rings is 1. The van der Waals surface area contributed by atoms with Crippen LogP contribution in [0, 0.1) is 22.7 Å². The van der Waals surface area contributed by atoms with Crippen molar-refractivity contribution in [2.75, 3.05) is 6.61 Å². The van der Waals surface area contributed by atoms with E-state index in [-0.39, 0.29) is 16.2 Å². The first kappa shape index (κ1) is 17.5. The van der Waals surface area contributed by atoms with E-state index in [0.717, 1.165) is 37.9 Å². The Kier molecular flexibility index (Phi) is 3.71. The van der Waals surface area contributed by atoms with Crippen molar-refractivity contribution in [3.63, 3.8) is 0 Å². The molecule has 5 rings (SSSR count). The fraction of sp³-hybridized carbons (Fsp3) is 0.640. The average molecular weight is 365 g/mol. The minimum atomic E-state index is 0.00168. The Morgan fingerprint density at radius 2 is 1.96 bits per heavy atom. The number of ether oxygens (including phenoxy) is 1. The van der Waals surface area contributed by atoms with Crippen LogP contribution in [0.5, 0.6) is 5.75 Å². The number of carbonyl (C=O) groups excluding carboxylic acids is 1. The highest BCUT2D eigenvalue weighted by Gasteiger charge is 2.69. The standard InChI is InChI=1S/C25H32O2/c1-4-15-27-18-6-8-19-17(16-18)5-7-20-21-9-11-23(2)12-10-22(26)25(21,23)14-13-24(19,20)3/h4,6,8,16,20-21H,1,5,7,9-15H2,2-3H3/t20?,21?,23-,24+,25+/m0/s1. The topological polar surface area (TPSA) is 26.3 Å². The maximum Gasteiger partial charge on any atom is 0.139 e. The number of rotatable bonds is 3. The third-order valence-electron chi connectivity index (χ3n) is 9.25. The summed E-state index contributed by atoms with van der Waals surface area (Å²) in [5, 5.41) is 0. The summed E-state index contributed by atoms with van der Waals surface area (Å²) < 4.78 is 5.78. The predicted octanol–water partition coefficient (Wildman–Crippen LogP) is 5.63. The van der Waals surface area contributed by atoms with Gasteiger partial charge in [-0.1, -0.05) is 32.6 Å². The van der Waals surface area contributed by atoms with Gasteiger partial charge >= 0.3 is 0 Å². The number of carbonyl (C=O) groups is 1. The van der Waals surface area contributed by atoms with E-state index in [2.05, 4.69) is 38.6 Å². The lowest BCUT2D eigenvalue weighted by Crippen LogP contribution is -2.54. The lowest BCUT2D eigenvalue weighted by molar-refractivity contribution is -0.139. The van der Waals surface area contributed by atoms with Gasteiger partial charge < -0.3 is 4.74 Å². The molecule has 5 atom stereocenters. The Balaban J connectivity index is 1.53. The minimum Gasteiger partial charge on any atom is -0.490 e. The van der Waals surface area contributed by atoms with Crippen molar-refractivity contribution in [1.29, 1.82) is 0 Å². The van der Waals surface area contributed by atoms with Gasteiger partial charge in [-0.05, 0) is 90.9 Å². The largest absolute Gasteiger partial charge is 0.490 e. The Labute approximate surface area is 163 Å². The highest BCUT2D eigenvalue weighted by Crippen LogP contribution is 2.73. The molecular weight excluding hydrogens is 332 g/mol. The van der Waals surface area contributed by atoms with Gasteiger partial charge in [0, 0.05) is 11.8 Å². The molecule has 0 amide bonds. The van der Waals surface area contributed by atoms with Crippen molar-refractivity contribution in [1.82, 2.24) is 0 Å². The van der Waals surface area contributed by atoms with Gasteiger partial charge in [-0.3, -0.25) is 4.79 Å². The summed E-state index contributed by atoms with van der Waals surface area (Å²) in [7, 11) is 0. The Morgan fingerprint density at radius 1 is 1.11 bits per heavy atom. The fourth-order valence-electron chi connectivity index (χ4n) is 7.90. The van der Waals surface area contributed by atoms with Crippen molar-refractivity contribution in [2.45, 2.75) is 70.6 Å². The molecule has 2 heteroatoms. The van der Waals surface area contributed by atoms with Gasteiger partial charge in [-0.25, -0.2) is 0 Å². The number of hydrogen-bond acceptors (Lipinski definition) is 2. The van der Waals surface area contributed by atoms with Crippen LogP contribution in [0.25, 0.3) is 0 Å². The van der Waals surface area contributed by atoms with Gasteiger partial charge in [0.1, 0.15) is 18.1 Å². The molecule has 2 unspecified atom stereocenters. The molecule has 1 spiro atoms. The summed E-state index contributed by atoms with van der Waals surface area (Å²) in [6, 6.07) is 6.71. The van der Waals surface area contributed by atoms with E-state index in [1.54, 1.807) is 6.08 Å². The quantitative estimate of drug-likeness (QED) is 0.650. The average Bonchev–Trinajstić information content (AvgIpc) is 3.10. The molecule has 3 saturated carbocycles. The zero-order valence-electron chi connectivity index (χ0n) is 16.9. The minimum absolute atomic E-state index is 0.00168. The molecule has 1 aromatic carbocycles. The summed E-state index contributed by atoms with van der Waals surface area (Å²) in [6.07, 6.45) is 10.9. The predicted molar refractivity (Wildman–Crippen MR) is 108 cm³/mol. The monoisotopic (exact) mass is 364 g/mol. The summed E-state index contributed by atoms with van der Waals surface area (Å²) in [6.45, 7) is 9.22. The van der Waals surface area contributed by atoms with Crippen LogP contribution < -0.4 is 4.74 Å². The zero-order chi connectivity index (χ0) is 18.9. The second-order valence-corrected chi connectivity index (χ2v) is 10.1. The van der Waals surface area contributed by atoms with Gasteiger partial charge in [0.05, 0.1) is 0 Å². The molecule has 3 fully saturated rings. The Bertz CT molecular complexity index is 811. The van der Waals surface area contributed by atoms with Crippen molar-refractivity contribution in [2.24, 2.45) is 22.7 Å². The van der Waals surface area contributed by atoms with E-state index in [9.17, 15) is 4.79 Å². The Hall–Kier alpha value is -1.57. The number of hydrogen-bond donors (Lipinski definition) is 0. The van der Waals surface area contributed by atoms with Crippen LogP contribution in [0.3, 0.4) is 0 Å². The third kappa shape index (κ3) is 2.10. The first-order chi connectivity index (χ1) is 12.9. The molecule has 0 heterocycles. The number of Topliss-reactive ketones (excluding diaryl/α,β-unsaturated/α-hetero) is 1. The third-order valence-corrected chi connectivity index (χ3v) is 9.25. The van der Waals surface area contributed by atoms with Gasteiger partial charge in [-0.15, -0.1) is 0 Å². The molecule has 0 N–H and O–H groups in total. The first-order valence-corrected chi connectivity index (χ1v) is 10.8. The molecule has 0 aliphatic heterocycles. The number of aryl methyl sites for hydroxylation is 1. The van der Waals surface area contributed by atoms with Gasteiger partial charge in [0.2, 0.25) is 0 Å². The van der Waals surface area contributed by atoms with Crippen LogP contribution in [0.4, 0.5) is 0 Å². The van der Waals surface area contributed by atoms with E-state index in [1.807, 2.05) is 0 Å². The molecule has 0 aromatic heterocycles. The van der Waals surface area contributed by atoms with Crippen LogP contribution in [0.2, 0.25) is 0 Å². The first-order valence-electron chi connectivity index (χ1n) is 10.8. The van der Waals surface area contributed by atoms with Crippen LogP contribution in [0.15, 0.2) is 30.9 Å². The lowest BCUT2D eigenvalue weighted by Gasteiger charge is -2.57. The number of ketones is 1. The van der Waals surface area contributed by atoms with Gasteiger partial charge in [0.15, 0.2) is 0 Å². The molecular formula is C25H32O2. The van der Waals surface area contributed by atoms with E-state index in [4.69, 9.17) is 4.74 Å². The molecule has 0 bridgehead atoms. The molecule has 1 aromatic rings. The van der Waals surface area contributed by atoms with Crippen molar-refractivity contribution >= 4 is 5.78 Å². The summed E-state index contributed by atoms with van der Waals surface area (Å²) >= 11 is 0. The number of fused-ring (bicyclic) bond motifs is 4. The lowest BCUT2D eigenvalue weighted by atomic mass is 9.46. The van der Waals surface area contributed by atoms with E-state index >= 15 is 0 Å². The summed E-state index contributed by atoms with van der Waals surface area (Å²) in [5.41, 5.74) is 3.48. The van der Waals surface area contributed by atoms with E-state index < -0.39 is 0 Å². The van der Waals surface area contributed by atoms with Crippen molar-refractivity contribution in [3.8, 4) is 5.75 Å². The van der Waals surface area contributed by atoms with Gasteiger partial charge in [-0.2, -0.15) is 0 Å². The Morgan fingerprint density at radius 3 is 2.78 bits per heavy atom. The SMILES string of the molecule is C=CCOc1ccc2c(c1)CCC1C3CC[C@@]4(C)CCC(=O)[C@@]34CC[C@]21C. The zero-order valence-corrected chi connectivity index (χ0v) is 16.9. The van der Waals surface area contributed by atoms with Gasteiger partial charge in [0.25, 0.3) is 0 Å². The van der Waals surface area contributed by atoms with Crippen LogP contribution in [0.1, 0.15) is 69.9 Å². The smallest absolute Gasteiger partial charge is 0.139 e. The normalized spacial score (nSPS) is 42.1. The fourth-order valence-corrected chi connectivity index (χ4v) is 7.90. The molecule has 27 heavy (non-hydrogen) atoms.